The molecule has 1 saturated heterocycles. The number of aliphatic hydroxyl groups excluding tert-OH is 1. The molecule has 2 fully saturated rings. The van der Waals surface area contributed by atoms with Crippen molar-refractivity contribution in [1.29, 1.82) is 0 Å². The standard InChI is InChI=1S/C18H20F2N6OS/c19-18(20)8-11(18)13-7-14(25-24-13)22-16-15-12(3-6-28-15)21-17(23-16)26-4-1-10(9-27)2-5-26/h3,6-7,10-11,27H,1-2,4-5,8-9H2,(H2,21,22,23,24,25). The maximum absolute atomic E-state index is 13.3. The predicted octanol–water partition coefficient (Wildman–Crippen LogP) is 3.49. The molecule has 1 saturated carbocycles. The van der Waals surface area contributed by atoms with E-state index >= 15 is 0 Å². The molecule has 148 valence electrons. The first-order chi connectivity index (χ1) is 13.5. The molecule has 7 nitrogen and oxygen atoms in total. The number of nitrogens with zero attached hydrogens (tertiary/aromatic N) is 4. The first-order valence-electron chi connectivity index (χ1n) is 9.34. The summed E-state index contributed by atoms with van der Waals surface area (Å²) in [6.45, 7) is 1.81. The van der Waals surface area contributed by atoms with Gasteiger partial charge in [-0.2, -0.15) is 10.1 Å². The first kappa shape index (κ1) is 17.7. The molecule has 0 spiro atoms. The van der Waals surface area contributed by atoms with E-state index in [4.69, 9.17) is 4.98 Å². The lowest BCUT2D eigenvalue weighted by Crippen LogP contribution is -2.35. The SMILES string of the molecule is OCC1CCN(c2nc(Nc3cc(C4CC4(F)F)[nH]n3)c3sccc3n2)CC1. The zero-order chi connectivity index (χ0) is 19.3. The normalized spacial score (nSPS) is 22.0. The number of aliphatic hydroxyl groups is 1. The largest absolute Gasteiger partial charge is 0.396 e. The molecule has 3 aromatic rings. The van der Waals surface area contributed by atoms with Crippen LogP contribution in [0, 0.1) is 5.92 Å². The molecule has 2 aliphatic rings. The molecule has 1 unspecified atom stereocenters. The van der Waals surface area contributed by atoms with Gasteiger partial charge in [0, 0.05) is 37.9 Å². The number of aromatic amines is 1. The van der Waals surface area contributed by atoms with Crippen LogP contribution in [0.4, 0.5) is 26.4 Å². The van der Waals surface area contributed by atoms with Gasteiger partial charge in [0.15, 0.2) is 11.6 Å². The zero-order valence-corrected chi connectivity index (χ0v) is 15.8. The topological polar surface area (TPSA) is 90.0 Å². The van der Waals surface area contributed by atoms with Crippen LogP contribution in [0.2, 0.25) is 0 Å². The third-order valence-electron chi connectivity index (χ3n) is 5.49. The lowest BCUT2D eigenvalue weighted by atomic mass is 9.98. The van der Waals surface area contributed by atoms with Crippen molar-refractivity contribution in [3.63, 3.8) is 0 Å². The second kappa shape index (κ2) is 6.63. The van der Waals surface area contributed by atoms with Crippen molar-refractivity contribution in [1.82, 2.24) is 20.2 Å². The highest BCUT2D eigenvalue weighted by Gasteiger charge is 2.58. The molecule has 0 aromatic carbocycles. The Kier molecular flexibility index (Phi) is 4.20. The maximum atomic E-state index is 13.3. The van der Waals surface area contributed by atoms with Crippen molar-refractivity contribution < 1.29 is 13.9 Å². The minimum atomic E-state index is -2.63. The van der Waals surface area contributed by atoms with Crippen molar-refractivity contribution >= 4 is 39.1 Å². The van der Waals surface area contributed by atoms with Crippen LogP contribution in [0.1, 0.15) is 30.9 Å². The van der Waals surface area contributed by atoms with E-state index in [1.165, 1.54) is 11.3 Å². The van der Waals surface area contributed by atoms with Gasteiger partial charge in [0.1, 0.15) is 0 Å². The second-order valence-electron chi connectivity index (χ2n) is 7.47. The Hall–Kier alpha value is -2.33. The Balaban J connectivity index is 1.40. The van der Waals surface area contributed by atoms with Crippen LogP contribution in [-0.2, 0) is 0 Å². The lowest BCUT2D eigenvalue weighted by molar-refractivity contribution is 0.111. The van der Waals surface area contributed by atoms with Crippen LogP contribution in [0.15, 0.2) is 17.5 Å². The smallest absolute Gasteiger partial charge is 0.257 e. The second-order valence-corrected chi connectivity index (χ2v) is 8.39. The highest BCUT2D eigenvalue weighted by molar-refractivity contribution is 7.17. The molecule has 0 bridgehead atoms. The maximum Gasteiger partial charge on any atom is 0.257 e. The summed E-state index contributed by atoms with van der Waals surface area (Å²) in [5.74, 6) is -1.34. The molecule has 1 aliphatic heterocycles. The monoisotopic (exact) mass is 406 g/mol. The van der Waals surface area contributed by atoms with Gasteiger partial charge in [0.05, 0.1) is 16.1 Å². The van der Waals surface area contributed by atoms with Gasteiger partial charge in [-0.3, -0.25) is 5.10 Å². The summed E-state index contributed by atoms with van der Waals surface area (Å²) in [6, 6.07) is 3.57. The van der Waals surface area contributed by atoms with Gasteiger partial charge in [0.25, 0.3) is 5.92 Å². The molecule has 4 heterocycles. The summed E-state index contributed by atoms with van der Waals surface area (Å²) < 4.78 is 27.5. The van der Waals surface area contributed by atoms with E-state index in [9.17, 15) is 13.9 Å². The van der Waals surface area contributed by atoms with E-state index in [0.29, 0.717) is 29.2 Å². The number of hydrogen-bond acceptors (Lipinski definition) is 7. The van der Waals surface area contributed by atoms with Crippen LogP contribution in [0.5, 0.6) is 0 Å². The molecule has 5 rings (SSSR count). The van der Waals surface area contributed by atoms with Crippen LogP contribution in [-0.4, -0.2) is 50.9 Å². The lowest BCUT2D eigenvalue weighted by Gasteiger charge is -2.31. The number of thiophene rings is 1. The number of nitrogens with one attached hydrogen (secondary N) is 2. The fourth-order valence-corrected chi connectivity index (χ4v) is 4.42. The number of rotatable bonds is 5. The van der Waals surface area contributed by atoms with E-state index < -0.39 is 11.8 Å². The minimum Gasteiger partial charge on any atom is -0.396 e. The van der Waals surface area contributed by atoms with Crippen molar-refractivity contribution in [2.24, 2.45) is 5.92 Å². The Bertz CT molecular complexity index is 997. The Morgan fingerprint density at radius 1 is 1.32 bits per heavy atom. The molecule has 1 aliphatic carbocycles. The number of halogens is 2. The molecule has 0 radical (unpaired) electrons. The third kappa shape index (κ3) is 3.20. The quantitative estimate of drug-likeness (QED) is 0.601. The van der Waals surface area contributed by atoms with Crippen molar-refractivity contribution in [3.05, 3.63) is 23.2 Å². The van der Waals surface area contributed by atoms with E-state index in [1.807, 2.05) is 11.4 Å². The average Bonchev–Trinajstić information content (AvgIpc) is 3.10. The van der Waals surface area contributed by atoms with Gasteiger partial charge >= 0.3 is 0 Å². The summed E-state index contributed by atoms with van der Waals surface area (Å²) >= 11 is 1.52. The number of alkyl halides is 2. The number of aromatic nitrogens is 4. The highest BCUT2D eigenvalue weighted by Crippen LogP contribution is 2.55. The van der Waals surface area contributed by atoms with Gasteiger partial charge in [-0.25, -0.2) is 13.8 Å². The van der Waals surface area contributed by atoms with Gasteiger partial charge in [-0.05, 0) is 30.2 Å². The number of hydrogen-bond donors (Lipinski definition) is 3. The summed E-state index contributed by atoms with van der Waals surface area (Å²) in [4.78, 5) is 11.5. The number of H-pyrrole nitrogens is 1. The van der Waals surface area contributed by atoms with Crippen LogP contribution >= 0.6 is 11.3 Å². The molecule has 3 aromatic heterocycles. The van der Waals surface area contributed by atoms with E-state index in [1.54, 1.807) is 6.07 Å². The number of piperidine rings is 1. The zero-order valence-electron chi connectivity index (χ0n) is 15.0. The summed E-state index contributed by atoms with van der Waals surface area (Å²) in [7, 11) is 0. The highest BCUT2D eigenvalue weighted by atomic mass is 32.1. The fourth-order valence-electron chi connectivity index (χ4n) is 3.64. The van der Waals surface area contributed by atoms with E-state index in [-0.39, 0.29) is 13.0 Å². The average molecular weight is 406 g/mol. The molecule has 1 atom stereocenters. The van der Waals surface area contributed by atoms with Crippen LogP contribution < -0.4 is 10.2 Å². The van der Waals surface area contributed by atoms with Gasteiger partial charge < -0.3 is 15.3 Å². The molecule has 0 amide bonds. The van der Waals surface area contributed by atoms with Crippen LogP contribution in [0.25, 0.3) is 10.2 Å². The first-order valence-corrected chi connectivity index (χ1v) is 10.2. The van der Waals surface area contributed by atoms with Gasteiger partial charge in [-0.1, -0.05) is 0 Å². The number of anilines is 3. The predicted molar refractivity (Wildman–Crippen MR) is 104 cm³/mol. The van der Waals surface area contributed by atoms with Crippen molar-refractivity contribution in [2.75, 3.05) is 29.9 Å². The molecule has 28 heavy (non-hydrogen) atoms. The third-order valence-corrected chi connectivity index (χ3v) is 6.40. The summed E-state index contributed by atoms with van der Waals surface area (Å²) in [5, 5.41) is 21.3. The Labute approximate surface area is 163 Å². The van der Waals surface area contributed by atoms with E-state index in [2.05, 4.69) is 25.4 Å². The Morgan fingerprint density at radius 3 is 2.82 bits per heavy atom. The number of fused-ring (bicyclic) bond motifs is 1. The molecular formula is C18H20F2N6OS. The van der Waals surface area contributed by atoms with Crippen LogP contribution in [0.3, 0.4) is 0 Å². The summed E-state index contributed by atoms with van der Waals surface area (Å²) in [6.07, 6.45) is 1.68. The molecule has 10 heteroatoms. The minimum absolute atomic E-state index is 0.134. The molecular weight excluding hydrogens is 386 g/mol. The van der Waals surface area contributed by atoms with Gasteiger partial charge in [0.2, 0.25) is 5.95 Å². The summed E-state index contributed by atoms with van der Waals surface area (Å²) in [5.41, 5.74) is 1.28. The van der Waals surface area contributed by atoms with Crippen molar-refractivity contribution in [2.45, 2.75) is 31.1 Å². The van der Waals surface area contributed by atoms with E-state index in [0.717, 1.165) is 36.1 Å². The Morgan fingerprint density at radius 2 is 2.11 bits per heavy atom. The fraction of sp³-hybridized carbons (Fsp3) is 0.500. The molecule has 3 N–H and O–H groups in total. The van der Waals surface area contributed by atoms with Crippen molar-refractivity contribution in [3.8, 4) is 0 Å². The van der Waals surface area contributed by atoms with Gasteiger partial charge in [-0.15, -0.1) is 11.3 Å².